The van der Waals surface area contributed by atoms with Crippen molar-refractivity contribution in [3.8, 4) is 0 Å². The van der Waals surface area contributed by atoms with E-state index in [2.05, 4.69) is 25.1 Å². The molecule has 1 amide bonds. The van der Waals surface area contributed by atoms with Crippen LogP contribution in [0.4, 0.5) is 4.39 Å². The maximum atomic E-state index is 13.6. The largest absolute Gasteiger partial charge is 0.354 e. The second kappa shape index (κ2) is 7.12. The molecule has 2 N–H and O–H groups in total. The van der Waals surface area contributed by atoms with Gasteiger partial charge >= 0.3 is 0 Å². The van der Waals surface area contributed by atoms with Crippen LogP contribution in [0.5, 0.6) is 0 Å². The molecule has 3 aliphatic rings. The van der Waals surface area contributed by atoms with E-state index in [1.807, 2.05) is 27.7 Å². The predicted octanol–water partition coefficient (Wildman–Crippen LogP) is 2.43. The molecule has 2 bridgehead atoms. The quantitative estimate of drug-likeness (QED) is 0.827. The van der Waals surface area contributed by atoms with Crippen molar-refractivity contribution in [1.82, 2.24) is 25.1 Å². The number of aromatic amines is 1. The molecule has 3 aliphatic heterocycles. The molecule has 0 saturated carbocycles. The lowest BCUT2D eigenvalue weighted by atomic mass is 9.87. The van der Waals surface area contributed by atoms with Gasteiger partial charge in [0.05, 0.1) is 17.6 Å². The van der Waals surface area contributed by atoms with Crippen molar-refractivity contribution in [2.45, 2.75) is 52.7 Å². The first-order valence-electron chi connectivity index (χ1n) is 10.1. The van der Waals surface area contributed by atoms with Gasteiger partial charge in [0.1, 0.15) is 11.6 Å². The summed E-state index contributed by atoms with van der Waals surface area (Å²) in [6, 6.07) is 4.14. The topological polar surface area (TPSA) is 64.3 Å². The third kappa shape index (κ3) is 3.78. The second-order valence-electron chi connectivity index (χ2n) is 9.28. The molecule has 152 valence electrons. The fraction of sp³-hybridized carbons (Fsp3) is 0.619. The van der Waals surface area contributed by atoms with Crippen molar-refractivity contribution in [3.63, 3.8) is 0 Å². The summed E-state index contributed by atoms with van der Waals surface area (Å²) in [4.78, 5) is 24.9. The van der Waals surface area contributed by atoms with Crippen molar-refractivity contribution in [3.05, 3.63) is 29.3 Å². The highest BCUT2D eigenvalue weighted by atomic mass is 19.1. The first-order chi connectivity index (χ1) is 13.2. The van der Waals surface area contributed by atoms with E-state index in [9.17, 15) is 9.18 Å². The predicted molar refractivity (Wildman–Crippen MR) is 107 cm³/mol. The molecule has 1 aromatic carbocycles. The van der Waals surface area contributed by atoms with Crippen LogP contribution >= 0.6 is 0 Å². The molecule has 0 aliphatic carbocycles. The number of amides is 1. The summed E-state index contributed by atoms with van der Waals surface area (Å²) < 4.78 is 13.6. The summed E-state index contributed by atoms with van der Waals surface area (Å²) in [5.74, 6) is 0.777. The smallest absolute Gasteiger partial charge is 0.225 e. The number of aryl methyl sites for hydroxylation is 1. The highest BCUT2D eigenvalue weighted by Crippen LogP contribution is 2.32. The number of nitrogens with one attached hydrogen (secondary N) is 2. The second-order valence-corrected chi connectivity index (χ2v) is 9.28. The van der Waals surface area contributed by atoms with Crippen molar-refractivity contribution < 1.29 is 9.18 Å². The van der Waals surface area contributed by atoms with Crippen LogP contribution in [-0.2, 0) is 11.3 Å². The van der Waals surface area contributed by atoms with Crippen LogP contribution in [0, 0.1) is 18.2 Å². The number of carbonyl (C=O) groups excluding carboxylic acids is 1. The maximum Gasteiger partial charge on any atom is 0.225 e. The van der Waals surface area contributed by atoms with E-state index in [1.54, 1.807) is 0 Å². The van der Waals surface area contributed by atoms with Gasteiger partial charge in [0.2, 0.25) is 5.91 Å². The van der Waals surface area contributed by atoms with Gasteiger partial charge in [0.25, 0.3) is 0 Å². The van der Waals surface area contributed by atoms with Crippen LogP contribution in [0.1, 0.15) is 38.6 Å². The molecule has 2 aromatic rings. The lowest BCUT2D eigenvalue weighted by Gasteiger charge is -2.56. The number of hydrogen-bond donors (Lipinski definition) is 2. The summed E-state index contributed by atoms with van der Waals surface area (Å²) in [6.45, 7) is 12.1. The van der Waals surface area contributed by atoms with Gasteiger partial charge in [0.15, 0.2) is 0 Å². The molecule has 0 radical (unpaired) electrons. The Balaban J connectivity index is 1.30. The van der Waals surface area contributed by atoms with Crippen molar-refractivity contribution >= 4 is 16.9 Å². The van der Waals surface area contributed by atoms with Crippen LogP contribution in [0.15, 0.2) is 12.1 Å². The van der Waals surface area contributed by atoms with E-state index in [-0.39, 0.29) is 17.1 Å². The number of piperidine rings is 1. The molecule has 3 fully saturated rings. The molecule has 1 aromatic heterocycles. The number of hydrogen-bond acceptors (Lipinski definition) is 4. The molecule has 0 spiro atoms. The Kier molecular flexibility index (Phi) is 4.91. The van der Waals surface area contributed by atoms with E-state index >= 15 is 0 Å². The Morgan fingerprint density at radius 1 is 1.32 bits per heavy atom. The van der Waals surface area contributed by atoms with Gasteiger partial charge in [-0.25, -0.2) is 9.37 Å². The van der Waals surface area contributed by atoms with Crippen molar-refractivity contribution in [2.24, 2.45) is 5.41 Å². The third-order valence-corrected chi connectivity index (χ3v) is 5.92. The minimum Gasteiger partial charge on any atom is -0.354 e. The van der Waals surface area contributed by atoms with Crippen LogP contribution in [0.25, 0.3) is 11.0 Å². The molecular weight excluding hydrogens is 357 g/mol. The van der Waals surface area contributed by atoms with Gasteiger partial charge in [-0.05, 0) is 31.0 Å². The molecule has 5 rings (SSSR count). The monoisotopic (exact) mass is 387 g/mol. The SMILES string of the molecule is Cc1cc(F)cc2[nH]c(CN3CC4CC(C3)N4CCNC(=O)C(C)(C)C)nc12. The number of imidazole rings is 1. The Bertz CT molecular complexity index is 875. The van der Waals surface area contributed by atoms with E-state index in [0.29, 0.717) is 18.6 Å². The summed E-state index contributed by atoms with van der Waals surface area (Å²) >= 11 is 0. The number of aromatic nitrogens is 2. The number of piperazine rings is 1. The summed E-state index contributed by atoms with van der Waals surface area (Å²) in [7, 11) is 0. The number of rotatable bonds is 5. The molecule has 2 unspecified atom stereocenters. The van der Waals surface area contributed by atoms with E-state index in [1.165, 1.54) is 18.6 Å². The molecule has 2 atom stereocenters. The summed E-state index contributed by atoms with van der Waals surface area (Å²) in [5, 5.41) is 3.05. The zero-order valence-electron chi connectivity index (χ0n) is 17.2. The Morgan fingerprint density at radius 3 is 2.71 bits per heavy atom. The van der Waals surface area contributed by atoms with Gasteiger partial charge < -0.3 is 10.3 Å². The third-order valence-electron chi connectivity index (χ3n) is 5.92. The standard InChI is InChI=1S/C21H30FN5O/c1-13-7-14(22)8-17-19(13)25-18(24-17)12-26-10-15-9-16(11-26)27(15)6-5-23-20(28)21(2,3)4/h7-8,15-16H,5-6,9-12H2,1-4H3,(H,23,28)(H,24,25). The lowest BCUT2D eigenvalue weighted by Crippen LogP contribution is -2.69. The number of halogens is 1. The first-order valence-corrected chi connectivity index (χ1v) is 10.1. The highest BCUT2D eigenvalue weighted by Gasteiger charge is 2.44. The number of benzene rings is 1. The Morgan fingerprint density at radius 2 is 2.04 bits per heavy atom. The normalized spacial score (nSPS) is 23.0. The molecule has 6 nitrogen and oxygen atoms in total. The minimum atomic E-state index is -0.338. The van der Waals surface area contributed by atoms with Crippen LogP contribution in [-0.4, -0.2) is 63.9 Å². The molecule has 3 saturated heterocycles. The van der Waals surface area contributed by atoms with Gasteiger partial charge in [-0.3, -0.25) is 14.6 Å². The van der Waals surface area contributed by atoms with Crippen molar-refractivity contribution in [1.29, 1.82) is 0 Å². The van der Waals surface area contributed by atoms with E-state index in [4.69, 9.17) is 0 Å². The Hall–Kier alpha value is -1.99. The summed E-state index contributed by atoms with van der Waals surface area (Å²) in [6.07, 6.45) is 1.23. The van der Waals surface area contributed by atoms with Crippen LogP contribution in [0.2, 0.25) is 0 Å². The number of nitrogens with zero attached hydrogens (tertiary/aromatic N) is 3. The highest BCUT2D eigenvalue weighted by molar-refractivity contribution is 5.81. The average molecular weight is 388 g/mol. The fourth-order valence-corrected chi connectivity index (χ4v) is 4.42. The maximum absolute atomic E-state index is 13.6. The van der Waals surface area contributed by atoms with Gasteiger partial charge in [0, 0.05) is 43.7 Å². The van der Waals surface area contributed by atoms with E-state index in [0.717, 1.165) is 48.6 Å². The van der Waals surface area contributed by atoms with Crippen molar-refractivity contribution in [2.75, 3.05) is 26.2 Å². The number of H-pyrrole nitrogens is 1. The van der Waals surface area contributed by atoms with Gasteiger partial charge in [-0.15, -0.1) is 0 Å². The molecule has 28 heavy (non-hydrogen) atoms. The average Bonchev–Trinajstić information content (AvgIpc) is 3.00. The van der Waals surface area contributed by atoms with Crippen LogP contribution in [0.3, 0.4) is 0 Å². The molecule has 7 heteroatoms. The lowest BCUT2D eigenvalue weighted by molar-refractivity contribution is -0.129. The zero-order chi connectivity index (χ0) is 20.1. The zero-order valence-corrected chi connectivity index (χ0v) is 17.2. The summed E-state index contributed by atoms with van der Waals surface area (Å²) in [5.41, 5.74) is 2.15. The van der Waals surface area contributed by atoms with Crippen LogP contribution < -0.4 is 5.32 Å². The van der Waals surface area contributed by atoms with Gasteiger partial charge in [-0.2, -0.15) is 0 Å². The minimum absolute atomic E-state index is 0.108. The van der Waals surface area contributed by atoms with E-state index < -0.39 is 0 Å². The number of fused-ring (bicyclic) bond motifs is 3. The van der Waals surface area contributed by atoms with Gasteiger partial charge in [-0.1, -0.05) is 20.8 Å². The molecule has 4 heterocycles. The first kappa shape index (κ1) is 19.3. The number of carbonyl (C=O) groups is 1. The Labute approximate surface area is 165 Å². The fourth-order valence-electron chi connectivity index (χ4n) is 4.42. The molecular formula is C21H30FN5O.